The van der Waals surface area contributed by atoms with Crippen LogP contribution in [-0.2, 0) is 0 Å². The fourth-order valence-electron chi connectivity index (χ4n) is 0.576. The third kappa shape index (κ3) is 5.48. The van der Waals surface area contributed by atoms with Gasteiger partial charge in [0, 0.05) is 25.5 Å². The van der Waals surface area contributed by atoms with E-state index in [2.05, 4.69) is 17.6 Å². The molecule has 0 rings (SSSR count). The Balaban J connectivity index is 3.16. The lowest BCUT2D eigenvalue weighted by Crippen LogP contribution is -2.11. The van der Waals surface area contributed by atoms with Gasteiger partial charge in [-0.15, -0.1) is 0 Å². The van der Waals surface area contributed by atoms with Gasteiger partial charge in [-0.05, 0) is 13.3 Å². The van der Waals surface area contributed by atoms with Gasteiger partial charge in [0.05, 0.1) is 0 Å². The van der Waals surface area contributed by atoms with Crippen molar-refractivity contribution >= 4 is 0 Å². The van der Waals surface area contributed by atoms with Gasteiger partial charge < -0.3 is 10.6 Å². The first-order chi connectivity index (χ1) is 4.81. The zero-order valence-corrected chi connectivity index (χ0v) is 7.20. The summed E-state index contributed by atoms with van der Waals surface area (Å²) in [4.78, 5) is 0. The third-order valence-corrected chi connectivity index (χ3v) is 1.39. The molecule has 0 radical (unpaired) electrons. The van der Waals surface area contributed by atoms with Crippen LogP contribution in [0.4, 0.5) is 0 Å². The van der Waals surface area contributed by atoms with Crippen molar-refractivity contribution in [3.63, 3.8) is 0 Å². The summed E-state index contributed by atoms with van der Waals surface area (Å²) in [6, 6.07) is 0. The third-order valence-electron chi connectivity index (χ3n) is 1.39. The van der Waals surface area contributed by atoms with Crippen LogP contribution in [0.5, 0.6) is 0 Å². The summed E-state index contributed by atoms with van der Waals surface area (Å²) in [5, 5.41) is 6.25. The minimum Gasteiger partial charge on any atom is -0.390 e. The van der Waals surface area contributed by atoms with Crippen molar-refractivity contribution in [2.24, 2.45) is 0 Å². The summed E-state index contributed by atoms with van der Waals surface area (Å²) in [6.45, 7) is 5.31. The van der Waals surface area contributed by atoms with E-state index in [4.69, 9.17) is 0 Å². The van der Waals surface area contributed by atoms with E-state index in [0.717, 1.165) is 6.54 Å². The van der Waals surface area contributed by atoms with Gasteiger partial charge in [-0.3, -0.25) is 0 Å². The highest BCUT2D eigenvalue weighted by atomic mass is 14.9. The molecule has 0 aromatic heterocycles. The molecule has 0 aromatic carbocycles. The van der Waals surface area contributed by atoms with Crippen LogP contribution in [-0.4, -0.2) is 13.6 Å². The minimum atomic E-state index is 1.08. The predicted molar refractivity (Wildman–Crippen MR) is 45.7 cm³/mol. The van der Waals surface area contributed by atoms with E-state index >= 15 is 0 Å². The Labute approximate surface area is 63.7 Å². The van der Waals surface area contributed by atoms with E-state index in [0.29, 0.717) is 0 Å². The molecule has 0 saturated heterocycles. The van der Waals surface area contributed by atoms with Gasteiger partial charge in [0.15, 0.2) is 0 Å². The van der Waals surface area contributed by atoms with Crippen LogP contribution in [0.3, 0.4) is 0 Å². The van der Waals surface area contributed by atoms with Crippen molar-refractivity contribution in [3.8, 4) is 0 Å². The van der Waals surface area contributed by atoms with Crippen molar-refractivity contribution in [2.75, 3.05) is 13.6 Å². The van der Waals surface area contributed by atoms with E-state index in [-0.39, 0.29) is 0 Å². The SMILES string of the molecule is CCCCN/C=C(/C)NC. The van der Waals surface area contributed by atoms with E-state index in [1.54, 1.807) is 0 Å². The second-order valence-corrected chi connectivity index (χ2v) is 2.39. The molecule has 60 valence electrons. The van der Waals surface area contributed by atoms with Crippen LogP contribution in [0.25, 0.3) is 0 Å². The van der Waals surface area contributed by atoms with Crippen LogP contribution in [0.2, 0.25) is 0 Å². The van der Waals surface area contributed by atoms with Gasteiger partial charge in [0.1, 0.15) is 0 Å². The molecule has 2 heteroatoms. The van der Waals surface area contributed by atoms with Crippen LogP contribution >= 0.6 is 0 Å². The Morgan fingerprint density at radius 2 is 2.20 bits per heavy atom. The lowest BCUT2D eigenvalue weighted by molar-refractivity contribution is 0.727. The highest BCUT2D eigenvalue weighted by molar-refractivity contribution is 4.91. The number of nitrogens with one attached hydrogen (secondary N) is 2. The van der Waals surface area contributed by atoms with Gasteiger partial charge in [0.2, 0.25) is 0 Å². The Bertz CT molecular complexity index is 97.4. The Kier molecular flexibility index (Phi) is 6.03. The first-order valence-electron chi connectivity index (χ1n) is 3.89. The zero-order valence-electron chi connectivity index (χ0n) is 7.20. The highest BCUT2D eigenvalue weighted by Crippen LogP contribution is 1.84. The maximum absolute atomic E-state index is 3.21. The molecular weight excluding hydrogens is 124 g/mol. The van der Waals surface area contributed by atoms with Gasteiger partial charge in [-0.25, -0.2) is 0 Å². The topological polar surface area (TPSA) is 24.1 Å². The van der Waals surface area contributed by atoms with Gasteiger partial charge >= 0.3 is 0 Å². The van der Waals surface area contributed by atoms with Gasteiger partial charge in [-0.2, -0.15) is 0 Å². The van der Waals surface area contributed by atoms with Crippen molar-refractivity contribution in [2.45, 2.75) is 26.7 Å². The molecule has 0 spiro atoms. The molecule has 0 unspecified atom stereocenters. The summed E-state index contributed by atoms with van der Waals surface area (Å²) >= 11 is 0. The standard InChI is InChI=1S/C8H18N2/c1-4-5-6-10-7-8(2)9-3/h7,9-10H,4-6H2,1-3H3/b8-7-. The summed E-state index contributed by atoms with van der Waals surface area (Å²) in [5.41, 5.74) is 1.18. The first-order valence-corrected chi connectivity index (χ1v) is 3.89. The molecule has 0 heterocycles. The Hall–Kier alpha value is -0.660. The van der Waals surface area contributed by atoms with Crippen LogP contribution in [0, 0.1) is 0 Å². The maximum Gasteiger partial charge on any atom is 0.0232 e. The van der Waals surface area contributed by atoms with Gasteiger partial charge in [0.25, 0.3) is 0 Å². The van der Waals surface area contributed by atoms with Gasteiger partial charge in [-0.1, -0.05) is 13.3 Å². The molecule has 0 aromatic rings. The number of hydrogen-bond donors (Lipinski definition) is 2. The van der Waals surface area contributed by atoms with Crippen molar-refractivity contribution in [1.82, 2.24) is 10.6 Å². The molecule has 0 aliphatic heterocycles. The molecule has 0 aliphatic carbocycles. The van der Waals surface area contributed by atoms with E-state index in [9.17, 15) is 0 Å². The Morgan fingerprint density at radius 3 is 2.70 bits per heavy atom. The lowest BCUT2D eigenvalue weighted by atomic mass is 10.3. The lowest BCUT2D eigenvalue weighted by Gasteiger charge is -2.01. The summed E-state index contributed by atoms with van der Waals surface area (Å²) in [7, 11) is 1.92. The largest absolute Gasteiger partial charge is 0.390 e. The molecule has 10 heavy (non-hydrogen) atoms. The monoisotopic (exact) mass is 142 g/mol. The minimum absolute atomic E-state index is 1.08. The summed E-state index contributed by atoms with van der Waals surface area (Å²) < 4.78 is 0. The molecule has 0 saturated carbocycles. The summed E-state index contributed by atoms with van der Waals surface area (Å²) in [6.07, 6.45) is 4.50. The fraction of sp³-hybridized carbons (Fsp3) is 0.750. The van der Waals surface area contributed by atoms with Crippen molar-refractivity contribution in [3.05, 3.63) is 11.9 Å². The second kappa shape index (κ2) is 6.46. The molecule has 0 bridgehead atoms. The number of allylic oxidation sites excluding steroid dienone is 1. The second-order valence-electron chi connectivity index (χ2n) is 2.39. The normalized spacial score (nSPS) is 11.3. The fourth-order valence-corrected chi connectivity index (χ4v) is 0.576. The van der Waals surface area contributed by atoms with E-state index in [1.807, 2.05) is 20.2 Å². The molecule has 0 amide bonds. The molecule has 0 aliphatic rings. The Morgan fingerprint density at radius 1 is 1.50 bits per heavy atom. The predicted octanol–water partition coefficient (Wildman–Crippen LogP) is 1.46. The quantitative estimate of drug-likeness (QED) is 0.568. The zero-order chi connectivity index (χ0) is 7.82. The molecule has 2 N–H and O–H groups in total. The smallest absolute Gasteiger partial charge is 0.0232 e. The average molecular weight is 142 g/mol. The first kappa shape index (κ1) is 9.34. The van der Waals surface area contributed by atoms with Crippen LogP contribution in [0.1, 0.15) is 26.7 Å². The number of hydrogen-bond acceptors (Lipinski definition) is 2. The average Bonchev–Trinajstić information content (AvgIpc) is 1.98. The highest BCUT2D eigenvalue weighted by Gasteiger charge is 1.81. The molecule has 0 fully saturated rings. The summed E-state index contributed by atoms with van der Waals surface area (Å²) in [5.74, 6) is 0. The van der Waals surface area contributed by atoms with Crippen molar-refractivity contribution in [1.29, 1.82) is 0 Å². The molecule has 2 nitrogen and oxygen atoms in total. The molecule has 0 atom stereocenters. The van der Waals surface area contributed by atoms with E-state index in [1.165, 1.54) is 18.5 Å². The van der Waals surface area contributed by atoms with Crippen molar-refractivity contribution < 1.29 is 0 Å². The number of unbranched alkanes of at least 4 members (excludes halogenated alkanes) is 1. The van der Waals surface area contributed by atoms with Crippen LogP contribution in [0.15, 0.2) is 11.9 Å². The maximum atomic E-state index is 3.21. The van der Waals surface area contributed by atoms with E-state index < -0.39 is 0 Å². The molecular formula is C8H18N2. The van der Waals surface area contributed by atoms with Crippen LogP contribution < -0.4 is 10.6 Å². The number of rotatable bonds is 5.